The van der Waals surface area contributed by atoms with E-state index in [1.807, 2.05) is 119 Å². The number of aromatic hydroxyl groups is 3. The van der Waals surface area contributed by atoms with Gasteiger partial charge in [0.05, 0.1) is 13.7 Å². The number of hydrogen-bond donors (Lipinski definition) is 3. The van der Waals surface area contributed by atoms with Gasteiger partial charge in [0.25, 0.3) is 0 Å². The number of hydrogen-bond acceptors (Lipinski definition) is 6. The van der Waals surface area contributed by atoms with Crippen molar-refractivity contribution in [2.75, 3.05) is 13.7 Å². The summed E-state index contributed by atoms with van der Waals surface area (Å²) in [6, 6.07) is 40.9. The summed E-state index contributed by atoms with van der Waals surface area (Å²) >= 11 is 0. The first-order chi connectivity index (χ1) is 21.5. The maximum Gasteiger partial charge on any atom is 0.126 e. The molecule has 0 unspecified atom stereocenters. The second-order valence-corrected chi connectivity index (χ2v) is 9.63. The number of benzene rings is 5. The van der Waals surface area contributed by atoms with Gasteiger partial charge in [-0.2, -0.15) is 0 Å². The van der Waals surface area contributed by atoms with Crippen LogP contribution >= 0.6 is 0 Å². The van der Waals surface area contributed by atoms with Crippen LogP contribution in [0.5, 0.6) is 28.7 Å². The summed E-state index contributed by atoms with van der Waals surface area (Å²) in [5.74, 6) is 3.06. The molecule has 0 heterocycles. The Hall–Kier alpha value is -5.23. The van der Waals surface area contributed by atoms with Gasteiger partial charge < -0.3 is 29.6 Å². The molecule has 3 N–H and O–H groups in total. The van der Waals surface area contributed by atoms with E-state index < -0.39 is 0 Å². The van der Waals surface area contributed by atoms with Gasteiger partial charge in [-0.05, 0) is 107 Å². The van der Waals surface area contributed by atoms with E-state index in [4.69, 9.17) is 24.8 Å². The molecule has 6 nitrogen and oxygen atoms in total. The highest BCUT2D eigenvalue weighted by Crippen LogP contribution is 2.16. The summed E-state index contributed by atoms with van der Waals surface area (Å²) < 4.78 is 10.1. The van der Waals surface area contributed by atoms with Crippen molar-refractivity contribution in [1.29, 1.82) is 0 Å². The minimum absolute atomic E-state index is 0.167. The second-order valence-electron chi connectivity index (χ2n) is 9.63. The molecule has 0 saturated heterocycles. The number of ketones is 1. The number of carbonyl (C=O) groups excluding carboxylic acids is 1. The molecule has 0 spiro atoms. The van der Waals surface area contributed by atoms with Crippen LogP contribution in [0.3, 0.4) is 0 Å². The van der Waals surface area contributed by atoms with Gasteiger partial charge in [-0.1, -0.05) is 84.4 Å². The number of methoxy groups -OCH3 is 1. The highest BCUT2D eigenvalue weighted by Gasteiger charge is 1.92. The summed E-state index contributed by atoms with van der Waals surface area (Å²) in [6.07, 6.45) is 0. The van der Waals surface area contributed by atoms with E-state index in [0.29, 0.717) is 17.2 Å². The lowest BCUT2D eigenvalue weighted by Crippen LogP contribution is -1.89. The molecular formula is C39H48O6. The maximum atomic E-state index is 9.44. The number of rotatable bonds is 3. The minimum atomic E-state index is 0.167. The predicted octanol–water partition coefficient (Wildman–Crippen LogP) is 9.48. The average molecular weight is 613 g/mol. The van der Waals surface area contributed by atoms with Gasteiger partial charge in [0.2, 0.25) is 0 Å². The molecule has 0 atom stereocenters. The van der Waals surface area contributed by atoms with E-state index >= 15 is 0 Å². The molecule has 0 aliphatic rings. The Kier molecular flexibility index (Phi) is 22.3. The van der Waals surface area contributed by atoms with Gasteiger partial charge in [-0.3, -0.25) is 0 Å². The van der Waals surface area contributed by atoms with Gasteiger partial charge in [0, 0.05) is 0 Å². The van der Waals surface area contributed by atoms with Crippen LogP contribution < -0.4 is 9.47 Å². The van der Waals surface area contributed by atoms with Crippen LogP contribution in [0.2, 0.25) is 0 Å². The van der Waals surface area contributed by atoms with Crippen molar-refractivity contribution in [3.63, 3.8) is 0 Å². The number of para-hydroxylation sites is 3. The third-order valence-corrected chi connectivity index (χ3v) is 5.19. The monoisotopic (exact) mass is 612 g/mol. The zero-order valence-electron chi connectivity index (χ0n) is 27.5. The van der Waals surface area contributed by atoms with Crippen LogP contribution in [0.15, 0.2) is 133 Å². The van der Waals surface area contributed by atoms with Crippen molar-refractivity contribution >= 4 is 5.78 Å². The van der Waals surface area contributed by atoms with Crippen LogP contribution in [0, 0.1) is 20.8 Å². The third kappa shape index (κ3) is 24.0. The van der Waals surface area contributed by atoms with Crippen molar-refractivity contribution in [2.24, 2.45) is 0 Å². The summed E-state index contributed by atoms with van der Waals surface area (Å²) in [7, 11) is 1.66. The van der Waals surface area contributed by atoms with E-state index in [-0.39, 0.29) is 5.78 Å². The van der Waals surface area contributed by atoms with Gasteiger partial charge in [0.1, 0.15) is 34.5 Å². The molecule has 5 aromatic carbocycles. The van der Waals surface area contributed by atoms with Gasteiger partial charge in [-0.15, -0.1) is 0 Å². The SMILES string of the molecule is CC(C)=O.CCOc1ccccc1.COc1ccccc1.Cc1ccc(C)c(O)c1.Cc1ccc(O)cc1.Oc1ccccc1. The number of Topliss-reactive ketones (excluding diaryl/α,β-unsaturated/α-hetero) is 1. The Bertz CT molecular complexity index is 1380. The zero-order valence-corrected chi connectivity index (χ0v) is 27.5. The Morgan fingerprint density at radius 2 is 0.978 bits per heavy atom. The summed E-state index contributed by atoms with van der Waals surface area (Å²) in [6.45, 7) is 11.6. The molecule has 5 aromatic rings. The first-order valence-corrected chi connectivity index (χ1v) is 14.5. The molecular weight excluding hydrogens is 564 g/mol. The number of phenols is 3. The molecule has 240 valence electrons. The van der Waals surface area contributed by atoms with Gasteiger partial charge in [-0.25, -0.2) is 0 Å². The number of phenolic OH excluding ortho intramolecular Hbond substituents is 3. The molecule has 6 heteroatoms. The van der Waals surface area contributed by atoms with Gasteiger partial charge in [0.15, 0.2) is 0 Å². The van der Waals surface area contributed by atoms with E-state index in [1.165, 1.54) is 19.4 Å². The molecule has 5 rings (SSSR count). The van der Waals surface area contributed by atoms with E-state index in [0.717, 1.165) is 29.2 Å². The molecule has 45 heavy (non-hydrogen) atoms. The number of carbonyl (C=O) groups is 1. The van der Waals surface area contributed by atoms with Gasteiger partial charge >= 0.3 is 0 Å². The lowest BCUT2D eigenvalue weighted by atomic mass is 10.1. The zero-order chi connectivity index (χ0) is 33.9. The highest BCUT2D eigenvalue weighted by atomic mass is 16.5. The lowest BCUT2D eigenvalue weighted by Gasteiger charge is -1.99. The summed E-state index contributed by atoms with van der Waals surface area (Å²) in [4.78, 5) is 9.44. The molecule has 0 aliphatic carbocycles. The fourth-order valence-electron chi connectivity index (χ4n) is 2.93. The predicted molar refractivity (Wildman–Crippen MR) is 185 cm³/mol. The molecule has 0 fully saturated rings. The molecule has 0 aliphatic heterocycles. The standard InChI is InChI=1S/2C8H10O.2C7H8O.C6H6O.C3H6O/c1-6-3-4-7(2)8(9)5-6;1-2-9-8-6-4-3-5-7-8;1-6-2-4-7(8)5-3-6;1-8-7-5-3-2-4-6-7;7-6-4-2-1-3-5-6;1-3(2)4/h3-5,9H,1-2H3;3-7H,2H2,1H3;2-5,8H,1H3;2-6H,1H3;1-5,7H;1-2H3. The van der Waals surface area contributed by atoms with Crippen LogP contribution in [-0.4, -0.2) is 34.8 Å². The Labute approximate surface area is 269 Å². The highest BCUT2D eigenvalue weighted by molar-refractivity contribution is 5.72. The van der Waals surface area contributed by atoms with E-state index in [2.05, 4.69) is 0 Å². The largest absolute Gasteiger partial charge is 0.508 e. The first kappa shape index (κ1) is 39.8. The van der Waals surface area contributed by atoms with Crippen molar-refractivity contribution < 1.29 is 29.6 Å². The van der Waals surface area contributed by atoms with Crippen LogP contribution in [0.1, 0.15) is 37.5 Å². The first-order valence-electron chi connectivity index (χ1n) is 14.5. The molecule has 0 saturated carbocycles. The van der Waals surface area contributed by atoms with Crippen LogP contribution in [0.25, 0.3) is 0 Å². The maximum absolute atomic E-state index is 9.44. The third-order valence-electron chi connectivity index (χ3n) is 5.19. The Morgan fingerprint density at radius 3 is 1.29 bits per heavy atom. The average Bonchev–Trinajstić information content (AvgIpc) is 3.03. The topological polar surface area (TPSA) is 96.2 Å². The number of ether oxygens (including phenoxy) is 2. The number of aryl methyl sites for hydroxylation is 3. The van der Waals surface area contributed by atoms with Crippen LogP contribution in [0.4, 0.5) is 0 Å². The fourth-order valence-corrected chi connectivity index (χ4v) is 2.93. The normalized spacial score (nSPS) is 8.78. The smallest absolute Gasteiger partial charge is 0.126 e. The lowest BCUT2D eigenvalue weighted by molar-refractivity contribution is -0.115. The fraction of sp³-hybridized carbons (Fsp3) is 0.205. The summed E-state index contributed by atoms with van der Waals surface area (Å²) in [5.41, 5.74) is 3.20. The van der Waals surface area contributed by atoms with Crippen molar-refractivity contribution in [1.82, 2.24) is 0 Å². The van der Waals surface area contributed by atoms with Crippen molar-refractivity contribution in [2.45, 2.75) is 41.5 Å². The Morgan fingerprint density at radius 1 is 0.578 bits per heavy atom. The molecule has 0 radical (unpaired) electrons. The van der Waals surface area contributed by atoms with Crippen LogP contribution in [-0.2, 0) is 4.79 Å². The second kappa shape index (κ2) is 25.3. The molecule has 0 aromatic heterocycles. The minimum Gasteiger partial charge on any atom is -0.508 e. The summed E-state index contributed by atoms with van der Waals surface area (Å²) in [5, 5.41) is 26.5. The van der Waals surface area contributed by atoms with Crippen molar-refractivity contribution in [3.8, 4) is 28.7 Å². The molecule has 0 bridgehead atoms. The Balaban J connectivity index is 0.000000524. The quantitative estimate of drug-likeness (QED) is 0.188. The molecule has 0 amide bonds. The van der Waals surface area contributed by atoms with Crippen molar-refractivity contribution in [3.05, 3.63) is 150 Å². The van der Waals surface area contributed by atoms with E-state index in [9.17, 15) is 4.79 Å². The van der Waals surface area contributed by atoms with E-state index in [1.54, 1.807) is 49.6 Å².